The molecule has 0 aliphatic rings. The van der Waals surface area contributed by atoms with Gasteiger partial charge in [-0.15, -0.1) is 0 Å². The number of benzene rings is 2. The lowest BCUT2D eigenvalue weighted by Crippen LogP contribution is -2.13. The van der Waals surface area contributed by atoms with Gasteiger partial charge in [0.1, 0.15) is 0 Å². The third-order valence-corrected chi connectivity index (χ3v) is 4.51. The average Bonchev–Trinajstić information content (AvgIpc) is 2.95. The van der Waals surface area contributed by atoms with Crippen LogP contribution in [0.4, 0.5) is 5.88 Å². The summed E-state index contributed by atoms with van der Waals surface area (Å²) >= 11 is 0. The SMILES string of the molecule is Cc1cccc(S(=O)(=O)Nc2oncc2-c2ccccc2)c1. The molecular weight excluding hydrogens is 300 g/mol. The van der Waals surface area contributed by atoms with Crippen molar-refractivity contribution in [2.24, 2.45) is 0 Å². The molecule has 0 spiro atoms. The van der Waals surface area contributed by atoms with Crippen LogP contribution in [-0.4, -0.2) is 13.6 Å². The number of rotatable bonds is 4. The standard InChI is InChI=1S/C16H14N2O3S/c1-12-6-5-9-14(10-12)22(19,20)18-16-15(11-17-21-16)13-7-3-2-4-8-13/h2-11,18H,1H3. The number of sulfonamides is 1. The molecule has 0 aliphatic carbocycles. The predicted molar refractivity (Wildman–Crippen MR) is 83.9 cm³/mol. The van der Waals surface area contributed by atoms with Gasteiger partial charge in [0.25, 0.3) is 10.0 Å². The Labute approximate surface area is 128 Å². The molecule has 6 heteroatoms. The molecule has 0 fully saturated rings. The van der Waals surface area contributed by atoms with Crippen molar-refractivity contribution in [3.8, 4) is 11.1 Å². The first-order chi connectivity index (χ1) is 10.6. The van der Waals surface area contributed by atoms with E-state index in [1.807, 2.05) is 43.3 Å². The van der Waals surface area contributed by atoms with Gasteiger partial charge in [-0.3, -0.25) is 0 Å². The Morgan fingerprint density at radius 1 is 1.05 bits per heavy atom. The van der Waals surface area contributed by atoms with Crippen LogP contribution in [0.25, 0.3) is 11.1 Å². The van der Waals surface area contributed by atoms with Crippen molar-refractivity contribution in [1.82, 2.24) is 5.16 Å². The minimum Gasteiger partial charge on any atom is -0.337 e. The fraction of sp³-hybridized carbons (Fsp3) is 0.0625. The Morgan fingerprint density at radius 2 is 1.82 bits per heavy atom. The lowest BCUT2D eigenvalue weighted by molar-refractivity contribution is 0.435. The van der Waals surface area contributed by atoms with Gasteiger partial charge >= 0.3 is 0 Å². The topological polar surface area (TPSA) is 72.2 Å². The maximum Gasteiger partial charge on any atom is 0.264 e. The van der Waals surface area contributed by atoms with Crippen LogP contribution >= 0.6 is 0 Å². The third kappa shape index (κ3) is 2.87. The number of nitrogens with one attached hydrogen (secondary N) is 1. The molecule has 0 unspecified atom stereocenters. The van der Waals surface area contributed by atoms with Crippen molar-refractivity contribution in [2.75, 3.05) is 4.72 Å². The largest absolute Gasteiger partial charge is 0.337 e. The van der Waals surface area contributed by atoms with E-state index in [2.05, 4.69) is 9.88 Å². The van der Waals surface area contributed by atoms with Crippen molar-refractivity contribution < 1.29 is 12.9 Å². The quantitative estimate of drug-likeness (QED) is 0.800. The summed E-state index contributed by atoms with van der Waals surface area (Å²) in [4.78, 5) is 0.183. The minimum absolute atomic E-state index is 0.104. The summed E-state index contributed by atoms with van der Waals surface area (Å²) in [5.74, 6) is 0.104. The summed E-state index contributed by atoms with van der Waals surface area (Å²) in [5, 5.41) is 3.69. The molecule has 3 aromatic rings. The molecule has 1 aromatic heterocycles. The maximum absolute atomic E-state index is 12.4. The molecule has 2 aromatic carbocycles. The Hall–Kier alpha value is -2.60. The van der Waals surface area contributed by atoms with Crippen LogP contribution in [0.5, 0.6) is 0 Å². The zero-order valence-electron chi connectivity index (χ0n) is 11.9. The monoisotopic (exact) mass is 314 g/mol. The van der Waals surface area contributed by atoms with Gasteiger partial charge in [-0.2, -0.15) is 0 Å². The summed E-state index contributed by atoms with van der Waals surface area (Å²) in [6.07, 6.45) is 1.49. The molecule has 0 saturated carbocycles. The van der Waals surface area contributed by atoms with Gasteiger partial charge in [0.15, 0.2) is 0 Å². The lowest BCUT2D eigenvalue weighted by Gasteiger charge is -2.07. The van der Waals surface area contributed by atoms with Crippen LogP contribution in [0.3, 0.4) is 0 Å². The van der Waals surface area contributed by atoms with Crippen molar-refractivity contribution >= 4 is 15.9 Å². The first-order valence-electron chi connectivity index (χ1n) is 6.66. The Balaban J connectivity index is 1.96. The number of anilines is 1. The van der Waals surface area contributed by atoms with Gasteiger partial charge in [-0.1, -0.05) is 47.6 Å². The molecule has 5 nitrogen and oxygen atoms in total. The van der Waals surface area contributed by atoms with Crippen molar-refractivity contribution in [3.05, 3.63) is 66.4 Å². The predicted octanol–water partition coefficient (Wildman–Crippen LogP) is 3.45. The van der Waals surface area contributed by atoms with Crippen LogP contribution in [0.2, 0.25) is 0 Å². The zero-order chi connectivity index (χ0) is 15.6. The molecular formula is C16H14N2O3S. The first kappa shape index (κ1) is 14.3. The minimum atomic E-state index is -3.72. The Kier molecular flexibility index (Phi) is 3.68. The third-order valence-electron chi connectivity index (χ3n) is 3.18. The molecule has 0 atom stereocenters. The summed E-state index contributed by atoms with van der Waals surface area (Å²) < 4.78 is 32.4. The molecule has 1 N–H and O–H groups in total. The molecule has 0 saturated heterocycles. The Bertz CT molecular complexity index is 887. The number of hydrogen-bond donors (Lipinski definition) is 1. The average molecular weight is 314 g/mol. The molecule has 22 heavy (non-hydrogen) atoms. The zero-order valence-corrected chi connectivity index (χ0v) is 12.7. The number of aromatic nitrogens is 1. The molecule has 0 bridgehead atoms. The van der Waals surface area contributed by atoms with E-state index in [4.69, 9.17) is 4.52 Å². The second-order valence-corrected chi connectivity index (χ2v) is 6.54. The second kappa shape index (κ2) is 5.65. The van der Waals surface area contributed by atoms with Gasteiger partial charge in [-0.25, -0.2) is 13.1 Å². The van der Waals surface area contributed by atoms with Crippen LogP contribution in [0.1, 0.15) is 5.56 Å². The number of aryl methyl sites for hydroxylation is 1. The first-order valence-corrected chi connectivity index (χ1v) is 8.14. The Morgan fingerprint density at radius 3 is 2.55 bits per heavy atom. The van der Waals surface area contributed by atoms with E-state index in [0.717, 1.165) is 11.1 Å². The van der Waals surface area contributed by atoms with Crippen molar-refractivity contribution in [3.63, 3.8) is 0 Å². The lowest BCUT2D eigenvalue weighted by atomic mass is 10.1. The fourth-order valence-electron chi connectivity index (χ4n) is 2.10. The van der Waals surface area contributed by atoms with Crippen LogP contribution in [0, 0.1) is 6.92 Å². The molecule has 0 amide bonds. The van der Waals surface area contributed by atoms with E-state index in [-0.39, 0.29) is 10.8 Å². The van der Waals surface area contributed by atoms with E-state index in [1.165, 1.54) is 12.3 Å². The van der Waals surface area contributed by atoms with Crippen LogP contribution in [0.15, 0.2) is 70.2 Å². The van der Waals surface area contributed by atoms with E-state index in [0.29, 0.717) is 5.56 Å². The number of hydrogen-bond acceptors (Lipinski definition) is 4. The number of nitrogens with zero attached hydrogens (tertiary/aromatic N) is 1. The highest BCUT2D eigenvalue weighted by Gasteiger charge is 2.19. The van der Waals surface area contributed by atoms with E-state index < -0.39 is 10.0 Å². The van der Waals surface area contributed by atoms with E-state index in [1.54, 1.807) is 12.1 Å². The van der Waals surface area contributed by atoms with Crippen molar-refractivity contribution in [1.29, 1.82) is 0 Å². The summed E-state index contributed by atoms with van der Waals surface area (Å²) in [5.41, 5.74) is 2.28. The maximum atomic E-state index is 12.4. The van der Waals surface area contributed by atoms with E-state index >= 15 is 0 Å². The second-order valence-electron chi connectivity index (χ2n) is 4.86. The van der Waals surface area contributed by atoms with Gasteiger partial charge in [0.2, 0.25) is 5.88 Å². The molecule has 112 valence electrons. The molecule has 3 rings (SSSR count). The van der Waals surface area contributed by atoms with Gasteiger partial charge in [0.05, 0.1) is 16.7 Å². The summed E-state index contributed by atoms with van der Waals surface area (Å²) in [6, 6.07) is 16.0. The van der Waals surface area contributed by atoms with Gasteiger partial charge < -0.3 is 4.52 Å². The smallest absolute Gasteiger partial charge is 0.264 e. The highest BCUT2D eigenvalue weighted by molar-refractivity contribution is 7.92. The molecule has 1 heterocycles. The highest BCUT2D eigenvalue weighted by atomic mass is 32.2. The van der Waals surface area contributed by atoms with Crippen molar-refractivity contribution in [2.45, 2.75) is 11.8 Å². The van der Waals surface area contributed by atoms with Crippen LogP contribution in [-0.2, 0) is 10.0 Å². The van der Waals surface area contributed by atoms with Crippen LogP contribution < -0.4 is 4.72 Å². The summed E-state index contributed by atoms with van der Waals surface area (Å²) in [6.45, 7) is 1.84. The summed E-state index contributed by atoms with van der Waals surface area (Å²) in [7, 11) is -3.72. The molecule has 0 radical (unpaired) electrons. The van der Waals surface area contributed by atoms with Gasteiger partial charge in [0, 0.05) is 0 Å². The van der Waals surface area contributed by atoms with Gasteiger partial charge in [-0.05, 0) is 30.2 Å². The normalized spacial score (nSPS) is 11.3. The highest BCUT2D eigenvalue weighted by Crippen LogP contribution is 2.29. The fourth-order valence-corrected chi connectivity index (χ4v) is 3.21. The molecule has 0 aliphatic heterocycles. The van der Waals surface area contributed by atoms with E-state index in [9.17, 15) is 8.42 Å².